The maximum atomic E-state index is 11.3. The van der Waals surface area contributed by atoms with Crippen molar-refractivity contribution in [2.45, 2.75) is 6.54 Å². The van der Waals surface area contributed by atoms with Crippen LogP contribution in [0.3, 0.4) is 0 Å². The first-order chi connectivity index (χ1) is 12.7. The highest BCUT2D eigenvalue weighted by Crippen LogP contribution is 2.34. The second-order valence-electron chi connectivity index (χ2n) is 6.36. The van der Waals surface area contributed by atoms with Crippen LogP contribution in [0, 0.1) is 10.1 Å². The lowest BCUT2D eigenvalue weighted by Crippen LogP contribution is -2.35. The summed E-state index contributed by atoms with van der Waals surface area (Å²) in [5.41, 5.74) is 3.06. The molecule has 3 aromatic rings. The highest BCUT2D eigenvalue weighted by molar-refractivity contribution is 6.01. The van der Waals surface area contributed by atoms with Crippen molar-refractivity contribution >= 4 is 16.5 Å². The minimum Gasteiger partial charge on any atom is -0.379 e. The van der Waals surface area contributed by atoms with E-state index in [0.29, 0.717) is 5.39 Å². The molecule has 1 aromatic heterocycles. The molecule has 0 aliphatic carbocycles. The van der Waals surface area contributed by atoms with E-state index in [1.54, 1.807) is 18.2 Å². The van der Waals surface area contributed by atoms with E-state index in [-0.39, 0.29) is 10.6 Å². The fourth-order valence-electron chi connectivity index (χ4n) is 3.36. The van der Waals surface area contributed by atoms with Crippen LogP contribution in [0.15, 0.2) is 54.7 Å². The number of rotatable bonds is 4. The predicted molar refractivity (Wildman–Crippen MR) is 99.9 cm³/mol. The van der Waals surface area contributed by atoms with Crippen molar-refractivity contribution in [2.75, 3.05) is 26.3 Å². The van der Waals surface area contributed by atoms with Crippen molar-refractivity contribution in [1.29, 1.82) is 0 Å². The van der Waals surface area contributed by atoms with Crippen LogP contribution >= 0.6 is 0 Å². The van der Waals surface area contributed by atoms with Crippen LogP contribution in [-0.2, 0) is 11.3 Å². The lowest BCUT2D eigenvalue weighted by molar-refractivity contribution is -0.383. The van der Waals surface area contributed by atoms with Crippen molar-refractivity contribution in [1.82, 2.24) is 9.88 Å². The zero-order chi connectivity index (χ0) is 17.9. The number of pyridine rings is 1. The molecule has 1 aliphatic heterocycles. The number of ether oxygens (including phenoxy) is 1. The van der Waals surface area contributed by atoms with Gasteiger partial charge in [-0.05, 0) is 29.1 Å². The first-order valence-corrected chi connectivity index (χ1v) is 8.64. The topological polar surface area (TPSA) is 68.5 Å². The van der Waals surface area contributed by atoms with Gasteiger partial charge < -0.3 is 4.74 Å². The zero-order valence-corrected chi connectivity index (χ0v) is 14.3. The largest absolute Gasteiger partial charge is 0.379 e. The molecule has 0 amide bonds. The average Bonchev–Trinajstić information content (AvgIpc) is 2.68. The highest BCUT2D eigenvalue weighted by atomic mass is 16.6. The molecule has 0 bridgehead atoms. The number of nitro groups is 1. The summed E-state index contributed by atoms with van der Waals surface area (Å²) < 4.78 is 5.37. The summed E-state index contributed by atoms with van der Waals surface area (Å²) in [7, 11) is 0. The Morgan fingerprint density at radius 1 is 1.04 bits per heavy atom. The van der Waals surface area contributed by atoms with E-state index in [2.05, 4.69) is 9.88 Å². The number of hydrogen-bond acceptors (Lipinski definition) is 5. The first kappa shape index (κ1) is 16.6. The Kier molecular flexibility index (Phi) is 4.60. The van der Waals surface area contributed by atoms with E-state index in [4.69, 9.17) is 4.74 Å². The number of benzene rings is 2. The number of aromatic nitrogens is 1. The summed E-state index contributed by atoms with van der Waals surface area (Å²) in [6.45, 7) is 4.21. The van der Waals surface area contributed by atoms with E-state index in [0.717, 1.165) is 55.1 Å². The molecule has 0 spiro atoms. The van der Waals surface area contributed by atoms with Crippen LogP contribution in [0.25, 0.3) is 21.9 Å². The molecule has 4 rings (SSSR count). The van der Waals surface area contributed by atoms with Gasteiger partial charge in [-0.15, -0.1) is 0 Å². The minimum absolute atomic E-state index is 0.126. The summed E-state index contributed by atoms with van der Waals surface area (Å²) in [6, 6.07) is 14.9. The minimum atomic E-state index is -0.338. The molecule has 6 heteroatoms. The molecule has 0 N–H and O–H groups in total. The summed E-state index contributed by atoms with van der Waals surface area (Å²) in [5, 5.41) is 12.8. The summed E-state index contributed by atoms with van der Waals surface area (Å²) in [5.74, 6) is 0. The molecule has 0 saturated carbocycles. The van der Waals surface area contributed by atoms with E-state index in [1.165, 1.54) is 0 Å². The molecule has 2 aromatic carbocycles. The van der Waals surface area contributed by atoms with Crippen LogP contribution in [0.4, 0.5) is 5.69 Å². The summed E-state index contributed by atoms with van der Waals surface area (Å²) >= 11 is 0. The Labute approximate surface area is 151 Å². The third kappa shape index (κ3) is 3.29. The molecule has 1 saturated heterocycles. The Morgan fingerprint density at radius 3 is 2.50 bits per heavy atom. The van der Waals surface area contributed by atoms with Gasteiger partial charge in [-0.1, -0.05) is 24.3 Å². The molecular weight excluding hydrogens is 330 g/mol. The Balaban J connectivity index is 1.65. The predicted octanol–water partition coefficient (Wildman–Crippen LogP) is 3.64. The van der Waals surface area contributed by atoms with Gasteiger partial charge in [0.05, 0.1) is 29.2 Å². The average molecular weight is 349 g/mol. The molecule has 132 valence electrons. The van der Waals surface area contributed by atoms with Gasteiger partial charge in [-0.25, -0.2) is 0 Å². The van der Waals surface area contributed by atoms with Gasteiger partial charge in [-0.3, -0.25) is 20.0 Å². The standard InChI is InChI=1S/C20H19N3O3/c24-23(25)20-8-7-17(18-3-1-2-4-19(18)20)15-5-6-16(21-13-15)14-22-9-11-26-12-10-22/h1-8,13H,9-12,14H2. The zero-order valence-electron chi connectivity index (χ0n) is 14.3. The second kappa shape index (κ2) is 7.19. The van der Waals surface area contributed by atoms with Gasteiger partial charge >= 0.3 is 0 Å². The SMILES string of the molecule is O=[N+]([O-])c1ccc(-c2ccc(CN3CCOCC3)nc2)c2ccccc12. The van der Waals surface area contributed by atoms with Gasteiger partial charge in [0.25, 0.3) is 5.69 Å². The van der Waals surface area contributed by atoms with Crippen LogP contribution in [0.2, 0.25) is 0 Å². The maximum Gasteiger partial charge on any atom is 0.277 e. The van der Waals surface area contributed by atoms with Gasteiger partial charge in [-0.2, -0.15) is 0 Å². The van der Waals surface area contributed by atoms with Crippen molar-refractivity contribution in [3.8, 4) is 11.1 Å². The van der Waals surface area contributed by atoms with E-state index >= 15 is 0 Å². The van der Waals surface area contributed by atoms with Gasteiger partial charge in [0.1, 0.15) is 0 Å². The van der Waals surface area contributed by atoms with Gasteiger partial charge in [0.2, 0.25) is 0 Å². The Hall–Kier alpha value is -2.83. The van der Waals surface area contributed by atoms with Crippen molar-refractivity contribution in [3.63, 3.8) is 0 Å². The lowest BCUT2D eigenvalue weighted by Gasteiger charge is -2.26. The first-order valence-electron chi connectivity index (χ1n) is 8.64. The van der Waals surface area contributed by atoms with E-state index < -0.39 is 0 Å². The Bertz CT molecular complexity index is 935. The lowest BCUT2D eigenvalue weighted by atomic mass is 9.98. The molecule has 2 heterocycles. The molecule has 1 aliphatic rings. The molecule has 6 nitrogen and oxygen atoms in total. The fraction of sp³-hybridized carbons (Fsp3) is 0.250. The third-order valence-electron chi connectivity index (χ3n) is 4.72. The summed E-state index contributed by atoms with van der Waals surface area (Å²) in [6.07, 6.45) is 1.85. The molecule has 1 fully saturated rings. The van der Waals surface area contributed by atoms with E-state index in [9.17, 15) is 10.1 Å². The van der Waals surface area contributed by atoms with Crippen LogP contribution in [0.5, 0.6) is 0 Å². The van der Waals surface area contributed by atoms with Crippen molar-refractivity contribution in [2.24, 2.45) is 0 Å². The molecule has 0 radical (unpaired) electrons. The fourth-order valence-corrected chi connectivity index (χ4v) is 3.36. The second-order valence-corrected chi connectivity index (χ2v) is 6.36. The van der Waals surface area contributed by atoms with Gasteiger partial charge in [0.15, 0.2) is 0 Å². The van der Waals surface area contributed by atoms with Crippen LogP contribution in [-0.4, -0.2) is 41.1 Å². The smallest absolute Gasteiger partial charge is 0.277 e. The monoisotopic (exact) mass is 349 g/mol. The quantitative estimate of drug-likeness (QED) is 0.531. The number of hydrogen-bond donors (Lipinski definition) is 0. The van der Waals surface area contributed by atoms with Crippen LogP contribution < -0.4 is 0 Å². The number of fused-ring (bicyclic) bond motifs is 1. The summed E-state index contributed by atoms with van der Waals surface area (Å²) in [4.78, 5) is 17.9. The Morgan fingerprint density at radius 2 is 1.81 bits per heavy atom. The van der Waals surface area contributed by atoms with Crippen molar-refractivity contribution in [3.05, 3.63) is 70.5 Å². The number of non-ortho nitro benzene ring substituents is 1. The van der Waals surface area contributed by atoms with Crippen LogP contribution in [0.1, 0.15) is 5.69 Å². The van der Waals surface area contributed by atoms with Crippen molar-refractivity contribution < 1.29 is 9.66 Å². The molecule has 0 unspecified atom stereocenters. The van der Waals surface area contributed by atoms with E-state index in [1.807, 2.05) is 36.5 Å². The third-order valence-corrected chi connectivity index (χ3v) is 4.72. The highest BCUT2D eigenvalue weighted by Gasteiger charge is 2.15. The molecule has 0 atom stereocenters. The molecular formula is C20H19N3O3. The van der Waals surface area contributed by atoms with Gasteiger partial charge in [0, 0.05) is 37.5 Å². The number of nitrogens with zero attached hydrogens (tertiary/aromatic N) is 3. The maximum absolute atomic E-state index is 11.3. The molecule has 26 heavy (non-hydrogen) atoms. The normalized spacial score (nSPS) is 15.2. The number of morpholine rings is 1. The number of nitro benzene ring substituents is 1.